The number of hydrogen-bond acceptors (Lipinski definition) is 4. The van der Waals surface area contributed by atoms with Crippen molar-refractivity contribution in [1.82, 2.24) is 9.97 Å². The fraction of sp³-hybridized carbons (Fsp3) is 0.214. The van der Waals surface area contributed by atoms with Gasteiger partial charge in [-0.05, 0) is 24.1 Å². The van der Waals surface area contributed by atoms with Gasteiger partial charge in [-0.15, -0.1) is 0 Å². The number of carboxylic acids is 1. The first-order valence-electron chi connectivity index (χ1n) is 5.93. The average Bonchev–Trinajstić information content (AvgIpc) is 2.45. The van der Waals surface area contributed by atoms with Crippen molar-refractivity contribution in [2.75, 3.05) is 7.11 Å². The van der Waals surface area contributed by atoms with Crippen LogP contribution in [0.1, 0.15) is 17.2 Å². The largest absolute Gasteiger partial charge is 0.497 e. The summed E-state index contributed by atoms with van der Waals surface area (Å²) in [7, 11) is 1.56. The lowest BCUT2D eigenvalue weighted by Gasteiger charge is -2.13. The van der Waals surface area contributed by atoms with E-state index in [1.54, 1.807) is 19.2 Å². The lowest BCUT2D eigenvalue weighted by atomic mass is 9.96. The van der Waals surface area contributed by atoms with Crippen LogP contribution in [0.25, 0.3) is 0 Å². The molecule has 0 aliphatic rings. The first-order chi connectivity index (χ1) is 9.61. The summed E-state index contributed by atoms with van der Waals surface area (Å²) in [4.78, 5) is 19.2. The molecule has 5 nitrogen and oxygen atoms in total. The van der Waals surface area contributed by atoms with Crippen LogP contribution >= 0.6 is 11.6 Å². The molecule has 0 spiro atoms. The standard InChI is InChI=1S/C14H13ClN2O3/c1-20-10-4-2-3-9(5-10)6-11(14(18)19)13-12(15)7-16-8-17-13/h2-5,7-8,11H,6H2,1H3,(H,18,19). The number of benzene rings is 1. The highest BCUT2D eigenvalue weighted by Gasteiger charge is 2.24. The van der Waals surface area contributed by atoms with E-state index in [2.05, 4.69) is 9.97 Å². The number of carbonyl (C=O) groups is 1. The summed E-state index contributed by atoms with van der Waals surface area (Å²) < 4.78 is 5.13. The number of hydrogen-bond donors (Lipinski definition) is 1. The molecule has 6 heteroatoms. The molecule has 2 rings (SSSR count). The maximum absolute atomic E-state index is 11.5. The first kappa shape index (κ1) is 14.3. The summed E-state index contributed by atoms with van der Waals surface area (Å²) in [5, 5.41) is 9.64. The van der Waals surface area contributed by atoms with Crippen molar-refractivity contribution < 1.29 is 14.6 Å². The van der Waals surface area contributed by atoms with Gasteiger partial charge in [-0.25, -0.2) is 9.97 Å². The summed E-state index contributed by atoms with van der Waals surface area (Å²) in [6.45, 7) is 0. The van der Waals surface area contributed by atoms with E-state index < -0.39 is 11.9 Å². The van der Waals surface area contributed by atoms with Gasteiger partial charge in [0.1, 0.15) is 18.0 Å². The highest BCUT2D eigenvalue weighted by atomic mass is 35.5. The van der Waals surface area contributed by atoms with Crippen LogP contribution < -0.4 is 4.74 Å². The van der Waals surface area contributed by atoms with E-state index in [4.69, 9.17) is 16.3 Å². The fourth-order valence-corrected chi connectivity index (χ4v) is 2.15. The van der Waals surface area contributed by atoms with Crippen LogP contribution in [-0.4, -0.2) is 28.2 Å². The molecule has 1 N–H and O–H groups in total. The normalized spacial score (nSPS) is 11.9. The Bertz CT molecular complexity index is 619. The maximum atomic E-state index is 11.5. The van der Waals surface area contributed by atoms with E-state index in [1.165, 1.54) is 12.5 Å². The van der Waals surface area contributed by atoms with Crippen molar-refractivity contribution in [3.05, 3.63) is 53.1 Å². The van der Waals surface area contributed by atoms with E-state index in [1.807, 2.05) is 12.1 Å². The van der Waals surface area contributed by atoms with Gasteiger partial charge in [0.05, 0.1) is 17.8 Å². The molecule has 1 aromatic carbocycles. The molecule has 0 saturated heterocycles. The van der Waals surface area contributed by atoms with Gasteiger partial charge < -0.3 is 9.84 Å². The van der Waals surface area contributed by atoms with Crippen LogP contribution in [0.4, 0.5) is 0 Å². The maximum Gasteiger partial charge on any atom is 0.312 e. The molecule has 0 bridgehead atoms. The topological polar surface area (TPSA) is 72.3 Å². The molecule has 0 radical (unpaired) electrons. The second-order valence-electron chi connectivity index (χ2n) is 4.20. The Kier molecular flexibility index (Phi) is 4.53. The number of nitrogens with zero attached hydrogens (tertiary/aromatic N) is 2. The second-order valence-corrected chi connectivity index (χ2v) is 4.61. The van der Waals surface area contributed by atoms with Crippen molar-refractivity contribution in [2.45, 2.75) is 12.3 Å². The molecular weight excluding hydrogens is 280 g/mol. The van der Waals surface area contributed by atoms with Crippen molar-refractivity contribution >= 4 is 17.6 Å². The Hall–Kier alpha value is -2.14. The van der Waals surface area contributed by atoms with Crippen LogP contribution in [0.2, 0.25) is 5.02 Å². The molecule has 1 atom stereocenters. The third-order valence-electron chi connectivity index (χ3n) is 2.90. The lowest BCUT2D eigenvalue weighted by Crippen LogP contribution is -2.16. The number of aliphatic carboxylic acids is 1. The van der Waals surface area contributed by atoms with Gasteiger partial charge in [-0.2, -0.15) is 0 Å². The summed E-state index contributed by atoms with van der Waals surface area (Å²) in [5.74, 6) is -1.12. The van der Waals surface area contributed by atoms with Crippen LogP contribution in [-0.2, 0) is 11.2 Å². The smallest absolute Gasteiger partial charge is 0.312 e. The molecule has 0 aliphatic heterocycles. The third-order valence-corrected chi connectivity index (χ3v) is 3.19. The number of ether oxygens (including phenoxy) is 1. The van der Waals surface area contributed by atoms with Crippen LogP contribution in [0.15, 0.2) is 36.8 Å². The minimum atomic E-state index is -0.978. The predicted molar refractivity (Wildman–Crippen MR) is 74.1 cm³/mol. The van der Waals surface area contributed by atoms with E-state index >= 15 is 0 Å². The summed E-state index contributed by atoms with van der Waals surface area (Å²) in [5.41, 5.74) is 1.16. The molecule has 1 aromatic heterocycles. The molecule has 0 aliphatic carbocycles. The lowest BCUT2D eigenvalue weighted by molar-refractivity contribution is -0.138. The van der Waals surface area contributed by atoms with Gasteiger partial charge >= 0.3 is 5.97 Å². The minimum absolute atomic E-state index is 0.253. The van der Waals surface area contributed by atoms with Gasteiger partial charge in [0.15, 0.2) is 0 Å². The van der Waals surface area contributed by atoms with Gasteiger partial charge in [0, 0.05) is 6.20 Å². The molecule has 1 unspecified atom stereocenters. The van der Waals surface area contributed by atoms with Gasteiger partial charge in [0.25, 0.3) is 0 Å². The van der Waals surface area contributed by atoms with E-state index in [-0.39, 0.29) is 11.4 Å². The zero-order chi connectivity index (χ0) is 14.5. The number of rotatable bonds is 5. The van der Waals surface area contributed by atoms with Crippen molar-refractivity contribution in [2.24, 2.45) is 0 Å². The quantitative estimate of drug-likeness (QED) is 0.917. The van der Waals surface area contributed by atoms with Gasteiger partial charge in [-0.3, -0.25) is 4.79 Å². The molecule has 0 amide bonds. The average molecular weight is 293 g/mol. The highest BCUT2D eigenvalue weighted by molar-refractivity contribution is 6.31. The zero-order valence-corrected chi connectivity index (χ0v) is 11.5. The number of aromatic nitrogens is 2. The molecule has 2 aromatic rings. The SMILES string of the molecule is COc1cccc(CC(C(=O)O)c2ncncc2Cl)c1. The fourth-order valence-electron chi connectivity index (χ4n) is 1.91. The summed E-state index contributed by atoms with van der Waals surface area (Å²) in [6.07, 6.45) is 2.97. The van der Waals surface area contributed by atoms with E-state index in [0.717, 1.165) is 5.56 Å². The molecule has 1 heterocycles. The monoisotopic (exact) mass is 292 g/mol. The highest BCUT2D eigenvalue weighted by Crippen LogP contribution is 2.26. The Balaban J connectivity index is 2.31. The molecule has 0 fully saturated rings. The Labute approximate surface area is 121 Å². The summed E-state index contributed by atoms with van der Waals surface area (Å²) in [6, 6.07) is 7.25. The molecular formula is C14H13ClN2O3. The van der Waals surface area contributed by atoms with Crippen LogP contribution in [0, 0.1) is 0 Å². The molecule has 0 saturated carbocycles. The van der Waals surface area contributed by atoms with Gasteiger partial charge in [0.2, 0.25) is 0 Å². The number of carboxylic acid groups (broad SMARTS) is 1. The van der Waals surface area contributed by atoms with E-state index in [0.29, 0.717) is 11.4 Å². The Morgan fingerprint density at radius 1 is 1.50 bits per heavy atom. The van der Waals surface area contributed by atoms with Crippen molar-refractivity contribution in [1.29, 1.82) is 0 Å². The second kappa shape index (κ2) is 6.34. The minimum Gasteiger partial charge on any atom is -0.497 e. The first-order valence-corrected chi connectivity index (χ1v) is 6.30. The molecule has 104 valence electrons. The van der Waals surface area contributed by atoms with Gasteiger partial charge in [-0.1, -0.05) is 23.7 Å². The van der Waals surface area contributed by atoms with Crippen LogP contribution in [0.5, 0.6) is 5.75 Å². The summed E-state index contributed by atoms with van der Waals surface area (Å²) >= 11 is 5.97. The Morgan fingerprint density at radius 2 is 2.30 bits per heavy atom. The Morgan fingerprint density at radius 3 is 2.95 bits per heavy atom. The van der Waals surface area contributed by atoms with Crippen molar-refractivity contribution in [3.8, 4) is 5.75 Å². The number of methoxy groups -OCH3 is 1. The zero-order valence-electron chi connectivity index (χ0n) is 10.8. The molecule has 20 heavy (non-hydrogen) atoms. The third kappa shape index (κ3) is 3.24. The van der Waals surface area contributed by atoms with E-state index in [9.17, 15) is 9.90 Å². The van der Waals surface area contributed by atoms with Crippen molar-refractivity contribution in [3.63, 3.8) is 0 Å². The predicted octanol–water partition coefficient (Wildman–Crippen LogP) is 2.55. The van der Waals surface area contributed by atoms with Crippen LogP contribution in [0.3, 0.4) is 0 Å². The number of halogens is 1.